The first kappa shape index (κ1) is 15.7. The minimum atomic E-state index is 0.249. The van der Waals surface area contributed by atoms with Gasteiger partial charge in [0.2, 0.25) is 5.91 Å². The van der Waals surface area contributed by atoms with Crippen LogP contribution in [0.5, 0.6) is 0 Å². The van der Waals surface area contributed by atoms with Crippen molar-refractivity contribution < 1.29 is 4.79 Å². The Morgan fingerprint density at radius 1 is 1.35 bits per heavy atom. The Hall–Kier alpha value is -0.680. The largest absolute Gasteiger partial charge is 0.342 e. The summed E-state index contributed by atoms with van der Waals surface area (Å²) in [5, 5.41) is 0. The van der Waals surface area contributed by atoms with Gasteiger partial charge in [-0.25, -0.2) is 0 Å². The first-order chi connectivity index (χ1) is 9.49. The van der Waals surface area contributed by atoms with Crippen molar-refractivity contribution in [2.24, 2.45) is 5.41 Å². The summed E-state index contributed by atoms with van der Waals surface area (Å²) in [5.74, 6) is 0.249. The Bertz CT molecular complexity index is 518. The molecule has 0 aromatic carbocycles. The van der Waals surface area contributed by atoms with Crippen LogP contribution in [0, 0.1) is 16.3 Å². The lowest BCUT2D eigenvalue weighted by Gasteiger charge is -2.41. The molecule has 1 amide bonds. The third kappa shape index (κ3) is 3.31. The molecule has 5 heteroatoms. The van der Waals surface area contributed by atoms with E-state index in [-0.39, 0.29) is 5.91 Å². The summed E-state index contributed by atoms with van der Waals surface area (Å²) in [6.45, 7) is 8.36. The average molecular weight is 313 g/mol. The molecule has 0 saturated carbocycles. The Balaban J connectivity index is 1.95. The number of nitrogens with zero attached hydrogens (tertiary/aromatic N) is 1. The summed E-state index contributed by atoms with van der Waals surface area (Å²) in [5.41, 5.74) is 1.51. The number of piperidine rings is 1. The van der Waals surface area contributed by atoms with Crippen LogP contribution in [0.15, 0.2) is 0 Å². The molecular weight excluding hydrogens is 288 g/mol. The van der Waals surface area contributed by atoms with Gasteiger partial charge in [0.05, 0.1) is 6.42 Å². The molecule has 1 saturated heterocycles. The first-order valence-corrected chi connectivity index (χ1v) is 8.68. The molecule has 2 heterocycles. The maximum absolute atomic E-state index is 12.4. The van der Waals surface area contributed by atoms with E-state index >= 15 is 0 Å². The second kappa shape index (κ2) is 6.39. The Labute approximate surface area is 130 Å². The second-order valence-electron chi connectivity index (χ2n) is 5.83. The molecule has 1 aliphatic rings. The Morgan fingerprint density at radius 2 is 1.95 bits per heavy atom. The molecule has 0 bridgehead atoms. The highest BCUT2D eigenvalue weighted by molar-refractivity contribution is 7.73. The molecule has 112 valence electrons. The van der Waals surface area contributed by atoms with E-state index in [2.05, 4.69) is 18.8 Å². The lowest BCUT2D eigenvalue weighted by Crippen LogP contribution is -2.43. The Kier molecular flexibility index (Phi) is 5.02. The summed E-state index contributed by atoms with van der Waals surface area (Å²) >= 11 is 6.66. The van der Waals surface area contributed by atoms with Gasteiger partial charge >= 0.3 is 0 Å². The molecule has 1 N–H and O–H groups in total. The molecule has 1 aliphatic heterocycles. The van der Waals surface area contributed by atoms with Gasteiger partial charge in [0.15, 0.2) is 3.95 Å². The molecule has 1 fully saturated rings. The third-order valence-electron chi connectivity index (χ3n) is 4.91. The fraction of sp³-hybridized carbons (Fsp3) is 0.733. The van der Waals surface area contributed by atoms with Crippen LogP contribution in [0.25, 0.3) is 0 Å². The summed E-state index contributed by atoms with van der Waals surface area (Å²) < 4.78 is 0.764. The summed E-state index contributed by atoms with van der Waals surface area (Å²) in [6.07, 6.45) is 5.24. The van der Waals surface area contributed by atoms with Crippen LogP contribution in [-0.2, 0) is 11.2 Å². The zero-order valence-corrected chi connectivity index (χ0v) is 14.3. The van der Waals surface area contributed by atoms with Gasteiger partial charge < -0.3 is 9.88 Å². The van der Waals surface area contributed by atoms with E-state index in [4.69, 9.17) is 12.2 Å². The predicted molar refractivity (Wildman–Crippen MR) is 86.8 cm³/mol. The molecule has 20 heavy (non-hydrogen) atoms. The number of rotatable bonds is 4. The van der Waals surface area contributed by atoms with Crippen molar-refractivity contribution in [3.05, 3.63) is 14.5 Å². The monoisotopic (exact) mass is 312 g/mol. The SMILES string of the molecule is CCC1(CC)CCN(C(=O)Cc2sc(=S)[nH]c2C)CC1. The number of nitrogens with one attached hydrogen (secondary N) is 1. The van der Waals surface area contributed by atoms with Crippen molar-refractivity contribution in [1.29, 1.82) is 0 Å². The lowest BCUT2D eigenvalue weighted by atomic mass is 9.74. The van der Waals surface area contributed by atoms with Crippen molar-refractivity contribution in [2.75, 3.05) is 13.1 Å². The van der Waals surface area contributed by atoms with Crippen molar-refractivity contribution in [1.82, 2.24) is 9.88 Å². The highest BCUT2D eigenvalue weighted by Crippen LogP contribution is 2.38. The predicted octanol–water partition coefficient (Wildman–Crippen LogP) is 4.09. The number of aryl methyl sites for hydroxylation is 1. The van der Waals surface area contributed by atoms with Crippen LogP contribution in [-0.4, -0.2) is 28.9 Å². The second-order valence-corrected chi connectivity index (χ2v) is 7.60. The zero-order valence-electron chi connectivity index (χ0n) is 12.6. The summed E-state index contributed by atoms with van der Waals surface area (Å²) in [6, 6.07) is 0. The number of thiazole rings is 1. The topological polar surface area (TPSA) is 36.1 Å². The van der Waals surface area contributed by atoms with Gasteiger partial charge in [-0.05, 0) is 37.4 Å². The maximum Gasteiger partial charge on any atom is 0.227 e. The van der Waals surface area contributed by atoms with Crippen molar-refractivity contribution in [3.8, 4) is 0 Å². The number of hydrogen-bond acceptors (Lipinski definition) is 3. The normalized spacial score (nSPS) is 18.2. The first-order valence-electron chi connectivity index (χ1n) is 7.46. The van der Waals surface area contributed by atoms with E-state index in [1.165, 1.54) is 24.2 Å². The van der Waals surface area contributed by atoms with Crippen LogP contribution in [0.2, 0.25) is 0 Å². The number of carbonyl (C=O) groups excluding carboxylic acids is 1. The van der Waals surface area contributed by atoms with E-state index in [9.17, 15) is 4.79 Å². The zero-order chi connectivity index (χ0) is 14.8. The number of carbonyl (C=O) groups is 1. The average Bonchev–Trinajstić information content (AvgIpc) is 2.77. The smallest absolute Gasteiger partial charge is 0.227 e. The van der Waals surface area contributed by atoms with E-state index in [1.54, 1.807) is 0 Å². The van der Waals surface area contributed by atoms with Gasteiger partial charge in [0.25, 0.3) is 0 Å². The number of H-pyrrole nitrogens is 1. The minimum Gasteiger partial charge on any atom is -0.342 e. The van der Waals surface area contributed by atoms with Gasteiger partial charge in [-0.3, -0.25) is 4.79 Å². The third-order valence-corrected chi connectivity index (χ3v) is 6.25. The highest BCUT2D eigenvalue weighted by Gasteiger charge is 2.32. The van der Waals surface area contributed by atoms with E-state index in [1.807, 2.05) is 11.8 Å². The number of aromatic nitrogens is 1. The van der Waals surface area contributed by atoms with Gasteiger partial charge in [-0.15, -0.1) is 11.3 Å². The van der Waals surface area contributed by atoms with E-state index in [0.717, 1.165) is 40.5 Å². The highest BCUT2D eigenvalue weighted by atomic mass is 32.1. The van der Waals surface area contributed by atoms with Crippen molar-refractivity contribution >= 4 is 29.5 Å². The van der Waals surface area contributed by atoms with Crippen LogP contribution in [0.4, 0.5) is 0 Å². The molecule has 3 nitrogen and oxygen atoms in total. The molecule has 1 aromatic rings. The maximum atomic E-state index is 12.4. The Morgan fingerprint density at radius 3 is 2.40 bits per heavy atom. The van der Waals surface area contributed by atoms with Crippen molar-refractivity contribution in [2.45, 2.75) is 52.9 Å². The van der Waals surface area contributed by atoms with Crippen molar-refractivity contribution in [3.63, 3.8) is 0 Å². The van der Waals surface area contributed by atoms with E-state index in [0.29, 0.717) is 11.8 Å². The van der Waals surface area contributed by atoms with Gasteiger partial charge in [0, 0.05) is 23.7 Å². The van der Waals surface area contributed by atoms with Crippen LogP contribution >= 0.6 is 23.6 Å². The van der Waals surface area contributed by atoms with Crippen LogP contribution in [0.3, 0.4) is 0 Å². The molecule has 0 aliphatic carbocycles. The fourth-order valence-electron chi connectivity index (χ4n) is 3.04. The fourth-order valence-corrected chi connectivity index (χ4v) is 4.32. The number of aromatic amines is 1. The molecule has 0 spiro atoms. The quantitative estimate of drug-likeness (QED) is 0.850. The molecule has 0 atom stereocenters. The number of amides is 1. The minimum absolute atomic E-state index is 0.249. The molecular formula is C15H24N2OS2. The lowest BCUT2D eigenvalue weighted by molar-refractivity contribution is -0.132. The van der Waals surface area contributed by atoms with Crippen LogP contribution < -0.4 is 0 Å². The van der Waals surface area contributed by atoms with E-state index < -0.39 is 0 Å². The number of hydrogen-bond donors (Lipinski definition) is 1. The number of likely N-dealkylation sites (tertiary alicyclic amines) is 1. The van der Waals surface area contributed by atoms with Gasteiger partial charge in [-0.2, -0.15) is 0 Å². The molecule has 2 rings (SSSR count). The van der Waals surface area contributed by atoms with Crippen LogP contribution in [0.1, 0.15) is 50.1 Å². The standard InChI is InChI=1S/C15H24N2OS2/c1-4-15(5-2)6-8-17(9-7-15)13(18)10-12-11(3)16-14(19)20-12/h4-10H2,1-3H3,(H,16,19). The van der Waals surface area contributed by atoms with Gasteiger partial charge in [-0.1, -0.05) is 26.7 Å². The molecule has 0 unspecified atom stereocenters. The van der Waals surface area contributed by atoms with Gasteiger partial charge in [0.1, 0.15) is 0 Å². The summed E-state index contributed by atoms with van der Waals surface area (Å²) in [7, 11) is 0. The molecule has 1 aromatic heterocycles. The molecule has 0 radical (unpaired) electrons. The summed E-state index contributed by atoms with van der Waals surface area (Å²) in [4.78, 5) is 18.6.